The Kier molecular flexibility index (Phi) is 6.49. The second-order valence-corrected chi connectivity index (χ2v) is 7.35. The molecule has 0 spiro atoms. The maximum Gasteiger partial charge on any atom is 0.335 e. The molecule has 1 saturated heterocycles. The van der Waals surface area contributed by atoms with Crippen LogP contribution in [0.3, 0.4) is 0 Å². The quantitative estimate of drug-likeness (QED) is 0.723. The van der Waals surface area contributed by atoms with Crippen LogP contribution in [0.15, 0.2) is 48.5 Å². The number of aromatic carboxylic acids is 1. The predicted molar refractivity (Wildman–Crippen MR) is 110 cm³/mol. The van der Waals surface area contributed by atoms with Crippen molar-refractivity contribution in [2.75, 3.05) is 25.0 Å². The molecule has 0 bridgehead atoms. The highest BCUT2D eigenvalue weighted by Crippen LogP contribution is 2.19. The minimum absolute atomic E-state index is 0.0962. The molecule has 1 heterocycles. The van der Waals surface area contributed by atoms with Gasteiger partial charge in [0.1, 0.15) is 0 Å². The number of carbonyl (C=O) groups is 3. The van der Waals surface area contributed by atoms with Gasteiger partial charge in [-0.1, -0.05) is 23.8 Å². The van der Waals surface area contributed by atoms with Gasteiger partial charge in [0.15, 0.2) is 0 Å². The Morgan fingerprint density at radius 2 is 1.83 bits per heavy atom. The number of rotatable bonds is 5. The number of anilines is 1. The van der Waals surface area contributed by atoms with Gasteiger partial charge in [-0.3, -0.25) is 4.79 Å². The second-order valence-electron chi connectivity index (χ2n) is 7.35. The molecule has 3 rings (SSSR count). The van der Waals surface area contributed by atoms with Gasteiger partial charge in [0.05, 0.1) is 5.56 Å². The average Bonchev–Trinajstić information content (AvgIpc) is 2.73. The largest absolute Gasteiger partial charge is 0.478 e. The van der Waals surface area contributed by atoms with Crippen molar-refractivity contribution >= 4 is 23.6 Å². The van der Waals surface area contributed by atoms with E-state index in [4.69, 9.17) is 5.11 Å². The average molecular weight is 395 g/mol. The number of piperidine rings is 1. The van der Waals surface area contributed by atoms with Crippen LogP contribution in [-0.2, 0) is 0 Å². The first-order valence-electron chi connectivity index (χ1n) is 9.66. The van der Waals surface area contributed by atoms with Gasteiger partial charge in [-0.2, -0.15) is 0 Å². The number of carboxylic acids is 1. The lowest BCUT2D eigenvalue weighted by Gasteiger charge is -2.33. The molecule has 0 aromatic heterocycles. The van der Waals surface area contributed by atoms with E-state index in [0.717, 1.165) is 24.1 Å². The lowest BCUT2D eigenvalue weighted by atomic mass is 9.97. The van der Waals surface area contributed by atoms with E-state index in [0.29, 0.717) is 25.2 Å². The number of nitrogens with one attached hydrogen (secondary N) is 2. The molecule has 1 aliphatic heterocycles. The lowest BCUT2D eigenvalue weighted by molar-refractivity contribution is 0.0675. The fourth-order valence-corrected chi connectivity index (χ4v) is 3.43. The van der Waals surface area contributed by atoms with E-state index in [1.54, 1.807) is 17.0 Å². The van der Waals surface area contributed by atoms with Crippen molar-refractivity contribution < 1.29 is 19.5 Å². The van der Waals surface area contributed by atoms with Gasteiger partial charge < -0.3 is 20.6 Å². The van der Waals surface area contributed by atoms with Crippen LogP contribution in [0.5, 0.6) is 0 Å². The Labute approximate surface area is 169 Å². The first kappa shape index (κ1) is 20.4. The first-order chi connectivity index (χ1) is 13.9. The summed E-state index contributed by atoms with van der Waals surface area (Å²) in [4.78, 5) is 37.7. The number of hydrogen-bond acceptors (Lipinski definition) is 3. The molecule has 1 fully saturated rings. The molecule has 7 heteroatoms. The summed E-state index contributed by atoms with van der Waals surface area (Å²) < 4.78 is 0. The van der Waals surface area contributed by atoms with Crippen LogP contribution < -0.4 is 10.6 Å². The molecule has 2 aromatic carbocycles. The van der Waals surface area contributed by atoms with E-state index in [-0.39, 0.29) is 23.4 Å². The fourth-order valence-electron chi connectivity index (χ4n) is 3.43. The molecule has 3 amide bonds. The molecular weight excluding hydrogens is 370 g/mol. The zero-order chi connectivity index (χ0) is 20.8. The minimum atomic E-state index is -1.06. The summed E-state index contributed by atoms with van der Waals surface area (Å²) >= 11 is 0. The third-order valence-electron chi connectivity index (χ3n) is 5.02. The van der Waals surface area contributed by atoms with Gasteiger partial charge in [0.25, 0.3) is 5.91 Å². The molecular formula is C22H25N3O4. The van der Waals surface area contributed by atoms with Crippen LogP contribution in [0, 0.1) is 12.8 Å². The number of aryl methyl sites for hydroxylation is 1. The van der Waals surface area contributed by atoms with Crippen LogP contribution in [0.1, 0.15) is 39.1 Å². The van der Waals surface area contributed by atoms with E-state index < -0.39 is 5.97 Å². The summed E-state index contributed by atoms with van der Waals surface area (Å²) in [5, 5.41) is 14.8. The third-order valence-corrected chi connectivity index (χ3v) is 5.02. The van der Waals surface area contributed by atoms with Gasteiger partial charge in [0.2, 0.25) is 0 Å². The summed E-state index contributed by atoms with van der Waals surface area (Å²) in [6.45, 7) is 3.61. The number of benzene rings is 2. The Bertz CT molecular complexity index is 895. The Hall–Kier alpha value is -3.35. The Morgan fingerprint density at radius 1 is 1.10 bits per heavy atom. The number of likely N-dealkylation sites (tertiary alicyclic amines) is 1. The molecule has 0 saturated carbocycles. The summed E-state index contributed by atoms with van der Waals surface area (Å²) in [5.41, 5.74) is 2.32. The standard InChI is InChI=1S/C22H25N3O4/c1-15-7-9-19(10-8-15)24-22(29)23-13-16-4-3-11-25(14-16)20(26)17-5-2-6-18(12-17)21(27)28/h2,5-10,12,16H,3-4,11,13-14H2,1H3,(H,27,28)(H2,23,24,29). The van der Waals surface area contributed by atoms with Crippen molar-refractivity contribution in [3.05, 3.63) is 65.2 Å². The number of hydrogen-bond donors (Lipinski definition) is 3. The van der Waals surface area contributed by atoms with E-state index in [1.165, 1.54) is 12.1 Å². The van der Waals surface area contributed by atoms with Crippen molar-refractivity contribution in [2.24, 2.45) is 5.92 Å². The minimum Gasteiger partial charge on any atom is -0.478 e. The number of carbonyl (C=O) groups excluding carboxylic acids is 2. The monoisotopic (exact) mass is 395 g/mol. The van der Waals surface area contributed by atoms with Gasteiger partial charge in [-0.05, 0) is 56.0 Å². The van der Waals surface area contributed by atoms with E-state index >= 15 is 0 Å². The molecule has 0 aliphatic carbocycles. The second kappa shape index (κ2) is 9.23. The smallest absolute Gasteiger partial charge is 0.335 e. The van der Waals surface area contributed by atoms with Gasteiger partial charge in [-0.15, -0.1) is 0 Å². The Balaban J connectivity index is 1.53. The van der Waals surface area contributed by atoms with Crippen LogP contribution in [0.25, 0.3) is 0 Å². The Morgan fingerprint density at radius 3 is 2.55 bits per heavy atom. The highest BCUT2D eigenvalue weighted by molar-refractivity contribution is 5.97. The van der Waals surface area contributed by atoms with Crippen LogP contribution in [0.2, 0.25) is 0 Å². The lowest BCUT2D eigenvalue weighted by Crippen LogP contribution is -2.44. The molecule has 1 aliphatic rings. The van der Waals surface area contributed by atoms with Crippen molar-refractivity contribution in [1.82, 2.24) is 10.2 Å². The maximum atomic E-state index is 12.8. The van der Waals surface area contributed by atoms with E-state index in [9.17, 15) is 14.4 Å². The van der Waals surface area contributed by atoms with Gasteiger partial charge in [-0.25, -0.2) is 9.59 Å². The number of amides is 3. The molecule has 3 N–H and O–H groups in total. The summed E-state index contributed by atoms with van der Waals surface area (Å²) in [6, 6.07) is 13.4. The maximum absolute atomic E-state index is 12.8. The normalized spacial score (nSPS) is 16.2. The summed E-state index contributed by atoms with van der Waals surface area (Å²) in [5.74, 6) is -1.08. The molecule has 0 radical (unpaired) electrons. The molecule has 2 aromatic rings. The summed E-state index contributed by atoms with van der Waals surface area (Å²) in [7, 11) is 0. The first-order valence-corrected chi connectivity index (χ1v) is 9.66. The molecule has 152 valence electrons. The molecule has 1 unspecified atom stereocenters. The van der Waals surface area contributed by atoms with E-state index in [2.05, 4.69) is 10.6 Å². The van der Waals surface area contributed by atoms with Gasteiger partial charge >= 0.3 is 12.0 Å². The van der Waals surface area contributed by atoms with Crippen molar-refractivity contribution in [3.63, 3.8) is 0 Å². The highest BCUT2D eigenvalue weighted by atomic mass is 16.4. The van der Waals surface area contributed by atoms with Crippen LogP contribution in [0.4, 0.5) is 10.5 Å². The zero-order valence-corrected chi connectivity index (χ0v) is 16.4. The third kappa shape index (κ3) is 5.57. The molecule has 29 heavy (non-hydrogen) atoms. The molecule has 1 atom stereocenters. The zero-order valence-electron chi connectivity index (χ0n) is 16.4. The van der Waals surface area contributed by atoms with Crippen LogP contribution in [-0.4, -0.2) is 47.5 Å². The van der Waals surface area contributed by atoms with Crippen molar-refractivity contribution in [1.29, 1.82) is 0 Å². The highest BCUT2D eigenvalue weighted by Gasteiger charge is 2.25. The predicted octanol–water partition coefficient (Wildman–Crippen LogP) is 3.37. The number of urea groups is 1. The van der Waals surface area contributed by atoms with Crippen molar-refractivity contribution in [2.45, 2.75) is 19.8 Å². The summed E-state index contributed by atoms with van der Waals surface area (Å²) in [6.07, 6.45) is 1.76. The van der Waals surface area contributed by atoms with E-state index in [1.807, 2.05) is 31.2 Å². The molecule has 7 nitrogen and oxygen atoms in total. The number of carboxylic acid groups (broad SMARTS) is 1. The SMILES string of the molecule is Cc1ccc(NC(=O)NCC2CCCN(C(=O)c3cccc(C(=O)O)c3)C2)cc1. The van der Waals surface area contributed by atoms with Gasteiger partial charge in [0, 0.05) is 30.9 Å². The fraction of sp³-hybridized carbons (Fsp3) is 0.318. The van der Waals surface area contributed by atoms with Crippen LogP contribution >= 0.6 is 0 Å². The topological polar surface area (TPSA) is 98.7 Å². The number of nitrogens with zero attached hydrogens (tertiary/aromatic N) is 1. The van der Waals surface area contributed by atoms with Crippen molar-refractivity contribution in [3.8, 4) is 0 Å².